The second kappa shape index (κ2) is 8.17. The highest BCUT2D eigenvalue weighted by atomic mass is 79.9. The van der Waals surface area contributed by atoms with Crippen molar-refractivity contribution in [2.75, 3.05) is 11.5 Å². The van der Waals surface area contributed by atoms with Crippen LogP contribution < -0.4 is 15.4 Å². The highest BCUT2D eigenvalue weighted by Crippen LogP contribution is 2.50. The Morgan fingerprint density at radius 1 is 1.13 bits per heavy atom. The number of imide groups is 1. The summed E-state index contributed by atoms with van der Waals surface area (Å²) in [6, 6.07) is 16.4. The number of nitriles is 1. The van der Waals surface area contributed by atoms with Crippen molar-refractivity contribution in [3.8, 4) is 11.8 Å². The molecule has 1 saturated heterocycles. The number of amides is 2. The molecule has 0 radical (unpaired) electrons. The maximum atomic E-state index is 13.4. The minimum Gasteiger partial charge on any atom is -0.494 e. The Balaban J connectivity index is 1.77. The van der Waals surface area contributed by atoms with E-state index in [1.54, 1.807) is 36.4 Å². The summed E-state index contributed by atoms with van der Waals surface area (Å²) in [5.41, 5.74) is 7.75. The van der Waals surface area contributed by atoms with Crippen LogP contribution in [-0.2, 0) is 9.59 Å². The van der Waals surface area contributed by atoms with Crippen LogP contribution in [-0.4, -0.2) is 23.7 Å². The number of thioether (sulfide) groups is 1. The largest absolute Gasteiger partial charge is 0.494 e. The van der Waals surface area contributed by atoms with Gasteiger partial charge in [0.1, 0.15) is 11.0 Å². The normalized spacial score (nSPS) is 23.4. The molecule has 2 N–H and O–H groups in total. The summed E-state index contributed by atoms with van der Waals surface area (Å²) in [5.74, 6) is -1.23. The third-order valence-electron chi connectivity index (χ3n) is 5.24. The number of nitrogens with two attached hydrogens (primary N) is 1. The van der Waals surface area contributed by atoms with Crippen molar-refractivity contribution in [2.45, 2.75) is 18.1 Å². The molecule has 2 heterocycles. The summed E-state index contributed by atoms with van der Waals surface area (Å²) in [6.07, 6.45) is 0. The van der Waals surface area contributed by atoms with E-state index >= 15 is 0 Å². The van der Waals surface area contributed by atoms with Gasteiger partial charge in [0.05, 0.1) is 34.9 Å². The van der Waals surface area contributed by atoms with Crippen LogP contribution in [0.5, 0.6) is 5.75 Å². The van der Waals surface area contributed by atoms with Gasteiger partial charge in [-0.05, 0) is 48.9 Å². The number of allylic oxidation sites excluding steroid dienone is 1. The lowest BCUT2D eigenvalue weighted by Crippen LogP contribution is -2.33. The quantitative estimate of drug-likeness (QED) is 0.661. The van der Waals surface area contributed by atoms with E-state index in [0.717, 1.165) is 21.8 Å². The molecule has 2 aliphatic rings. The van der Waals surface area contributed by atoms with Gasteiger partial charge < -0.3 is 10.5 Å². The molecule has 2 aliphatic heterocycles. The zero-order chi connectivity index (χ0) is 21.4. The Morgan fingerprint density at radius 3 is 2.40 bits per heavy atom. The topological polar surface area (TPSA) is 96.4 Å². The summed E-state index contributed by atoms with van der Waals surface area (Å²) in [7, 11) is 0. The second-order valence-electron chi connectivity index (χ2n) is 6.92. The van der Waals surface area contributed by atoms with Crippen molar-refractivity contribution >= 4 is 45.2 Å². The number of benzene rings is 2. The van der Waals surface area contributed by atoms with Crippen molar-refractivity contribution in [2.24, 2.45) is 11.7 Å². The monoisotopic (exact) mass is 483 g/mol. The van der Waals surface area contributed by atoms with Crippen LogP contribution in [0.2, 0.25) is 0 Å². The van der Waals surface area contributed by atoms with E-state index in [1.165, 1.54) is 4.90 Å². The van der Waals surface area contributed by atoms with Crippen LogP contribution in [0.3, 0.4) is 0 Å². The fraction of sp³-hybridized carbons (Fsp3) is 0.227. The highest BCUT2D eigenvalue weighted by molar-refractivity contribution is 9.10. The molecule has 4 rings (SSSR count). The van der Waals surface area contributed by atoms with Gasteiger partial charge >= 0.3 is 0 Å². The Kier molecular flexibility index (Phi) is 5.58. The Hall–Kier alpha value is -2.76. The van der Waals surface area contributed by atoms with Crippen molar-refractivity contribution in [1.82, 2.24) is 0 Å². The average Bonchev–Trinajstić information content (AvgIpc) is 2.98. The van der Waals surface area contributed by atoms with Crippen molar-refractivity contribution in [3.63, 3.8) is 0 Å². The molecule has 0 spiro atoms. The first-order chi connectivity index (χ1) is 14.5. The van der Waals surface area contributed by atoms with Gasteiger partial charge in [-0.3, -0.25) is 9.59 Å². The first kappa shape index (κ1) is 20.5. The van der Waals surface area contributed by atoms with Gasteiger partial charge in [-0.15, -0.1) is 0 Å². The van der Waals surface area contributed by atoms with E-state index in [-0.39, 0.29) is 16.8 Å². The summed E-state index contributed by atoms with van der Waals surface area (Å²) >= 11 is 4.47. The molecule has 152 valence electrons. The van der Waals surface area contributed by atoms with Gasteiger partial charge in [-0.25, -0.2) is 4.90 Å². The number of halogens is 1. The first-order valence-electron chi connectivity index (χ1n) is 9.38. The fourth-order valence-corrected chi connectivity index (χ4v) is 5.39. The molecule has 3 atom stereocenters. The predicted molar refractivity (Wildman–Crippen MR) is 119 cm³/mol. The smallest absolute Gasteiger partial charge is 0.248 e. The van der Waals surface area contributed by atoms with E-state index in [4.69, 9.17) is 10.5 Å². The summed E-state index contributed by atoms with van der Waals surface area (Å²) < 4.78 is 6.34. The number of fused-ring (bicyclic) bond motifs is 1. The van der Waals surface area contributed by atoms with E-state index in [2.05, 4.69) is 22.0 Å². The van der Waals surface area contributed by atoms with Crippen molar-refractivity contribution < 1.29 is 14.3 Å². The molecule has 1 fully saturated rings. The Labute approximate surface area is 186 Å². The highest BCUT2D eigenvalue weighted by Gasteiger charge is 2.56. The molecule has 6 nitrogen and oxygen atoms in total. The number of hydrogen-bond donors (Lipinski definition) is 1. The number of nitrogens with zero attached hydrogens (tertiary/aromatic N) is 2. The molecule has 0 bridgehead atoms. The van der Waals surface area contributed by atoms with Gasteiger partial charge in [-0.2, -0.15) is 5.26 Å². The van der Waals surface area contributed by atoms with Gasteiger partial charge in [0.15, 0.2) is 0 Å². The maximum absolute atomic E-state index is 13.4. The molecule has 0 aliphatic carbocycles. The molecule has 0 saturated carbocycles. The van der Waals surface area contributed by atoms with E-state index < -0.39 is 17.1 Å². The zero-order valence-electron chi connectivity index (χ0n) is 16.0. The van der Waals surface area contributed by atoms with E-state index in [1.807, 2.05) is 19.1 Å². The molecule has 2 aromatic carbocycles. The number of carbonyl (C=O) groups is 2. The second-order valence-corrected chi connectivity index (χ2v) is 9.02. The number of hydrogen-bond acceptors (Lipinski definition) is 6. The standard InChI is InChI=1S/C22H18BrN3O3S/c1-2-29-15-9-3-12(4-10-15)17-16(11-24)20(25)30-19-18(17)21(27)26(22(19)28)14-7-5-13(23)6-8-14/h3-10,17-19H,2,25H2,1H3/t17-,18-,19-/m0/s1. The summed E-state index contributed by atoms with van der Waals surface area (Å²) in [5, 5.41) is 9.39. The molecule has 2 amide bonds. The number of carbonyl (C=O) groups excluding carboxylic acids is 2. The maximum Gasteiger partial charge on any atom is 0.248 e. The number of ether oxygens (including phenoxy) is 1. The lowest BCUT2D eigenvalue weighted by atomic mass is 9.79. The molecule has 30 heavy (non-hydrogen) atoms. The number of anilines is 1. The summed E-state index contributed by atoms with van der Waals surface area (Å²) in [6.45, 7) is 2.43. The molecule has 2 aromatic rings. The summed E-state index contributed by atoms with van der Waals surface area (Å²) in [4.78, 5) is 27.8. The van der Waals surface area contributed by atoms with Crippen molar-refractivity contribution in [1.29, 1.82) is 5.26 Å². The van der Waals surface area contributed by atoms with Crippen LogP contribution in [0.4, 0.5) is 5.69 Å². The minimum absolute atomic E-state index is 0.288. The predicted octanol–water partition coefficient (Wildman–Crippen LogP) is 3.93. The lowest BCUT2D eigenvalue weighted by molar-refractivity contribution is -0.122. The fourth-order valence-electron chi connectivity index (χ4n) is 3.92. The third-order valence-corrected chi connectivity index (χ3v) is 6.99. The lowest BCUT2D eigenvalue weighted by Gasteiger charge is -2.30. The first-order valence-corrected chi connectivity index (χ1v) is 11.1. The van der Waals surface area contributed by atoms with Crippen LogP contribution in [0.1, 0.15) is 18.4 Å². The third kappa shape index (κ3) is 3.38. The van der Waals surface area contributed by atoms with Crippen molar-refractivity contribution in [3.05, 3.63) is 69.2 Å². The van der Waals surface area contributed by atoms with E-state index in [0.29, 0.717) is 23.6 Å². The van der Waals surface area contributed by atoms with Crippen LogP contribution in [0.25, 0.3) is 0 Å². The Bertz CT molecular complexity index is 1080. The van der Waals surface area contributed by atoms with Gasteiger partial charge in [0.2, 0.25) is 11.8 Å². The van der Waals surface area contributed by atoms with Gasteiger partial charge in [0.25, 0.3) is 0 Å². The van der Waals surface area contributed by atoms with Gasteiger partial charge in [0, 0.05) is 10.4 Å². The molecule has 0 unspecified atom stereocenters. The Morgan fingerprint density at radius 2 is 1.80 bits per heavy atom. The zero-order valence-corrected chi connectivity index (χ0v) is 18.4. The number of rotatable bonds is 4. The average molecular weight is 484 g/mol. The van der Waals surface area contributed by atoms with Crippen LogP contribution >= 0.6 is 27.7 Å². The van der Waals surface area contributed by atoms with Crippen LogP contribution in [0, 0.1) is 17.2 Å². The molecular weight excluding hydrogens is 466 g/mol. The molecular formula is C22H18BrN3O3S. The minimum atomic E-state index is -0.703. The molecule has 8 heteroatoms. The molecule has 0 aromatic heterocycles. The van der Waals surface area contributed by atoms with E-state index in [9.17, 15) is 14.9 Å². The SMILES string of the molecule is CCOc1ccc([C@H]2C(C#N)=C(N)S[C@@H]3C(=O)N(c4ccc(Br)cc4)C(=O)[C@H]32)cc1. The van der Waals surface area contributed by atoms with Gasteiger partial charge in [-0.1, -0.05) is 39.8 Å². The van der Waals surface area contributed by atoms with Crippen LogP contribution in [0.15, 0.2) is 63.6 Å².